The fourth-order valence-electron chi connectivity index (χ4n) is 2.79. The van der Waals surface area contributed by atoms with Crippen LogP contribution in [0, 0.1) is 0 Å². The highest BCUT2D eigenvalue weighted by Crippen LogP contribution is 2.31. The number of benzene rings is 2. The van der Waals surface area contributed by atoms with Crippen molar-refractivity contribution < 1.29 is 14.3 Å². The van der Waals surface area contributed by atoms with Crippen molar-refractivity contribution in [1.82, 2.24) is 9.78 Å². The van der Waals surface area contributed by atoms with Crippen LogP contribution in [0.2, 0.25) is 0 Å². The highest BCUT2D eigenvalue weighted by Gasteiger charge is 2.11. The van der Waals surface area contributed by atoms with Crippen LogP contribution in [0.15, 0.2) is 60.9 Å². The van der Waals surface area contributed by atoms with E-state index in [9.17, 15) is 4.79 Å². The molecule has 0 saturated heterocycles. The van der Waals surface area contributed by atoms with Gasteiger partial charge in [0.05, 0.1) is 19.8 Å². The van der Waals surface area contributed by atoms with Crippen LogP contribution in [0.3, 0.4) is 0 Å². The summed E-state index contributed by atoms with van der Waals surface area (Å²) in [6, 6.07) is 14.9. The Kier molecular flexibility index (Phi) is 7.28. The zero-order chi connectivity index (χ0) is 20.5. The van der Waals surface area contributed by atoms with Gasteiger partial charge in [0, 0.05) is 29.7 Å². The smallest absolute Gasteiger partial charge is 0.255 e. The third-order valence-electron chi connectivity index (χ3n) is 4.24. The lowest BCUT2D eigenvalue weighted by Gasteiger charge is -2.14. The number of anilines is 1. The van der Waals surface area contributed by atoms with E-state index in [4.69, 9.17) is 9.47 Å². The van der Waals surface area contributed by atoms with Crippen LogP contribution in [0.1, 0.15) is 42.6 Å². The molecule has 29 heavy (non-hydrogen) atoms. The van der Waals surface area contributed by atoms with E-state index in [-0.39, 0.29) is 5.91 Å². The molecule has 6 nitrogen and oxygen atoms in total. The van der Waals surface area contributed by atoms with E-state index in [0.29, 0.717) is 42.5 Å². The Morgan fingerprint density at radius 3 is 2.38 bits per heavy atom. The quantitative estimate of drug-likeness (QED) is 0.539. The normalized spacial score (nSPS) is 10.6. The molecule has 3 rings (SSSR count). The summed E-state index contributed by atoms with van der Waals surface area (Å²) in [5.74, 6) is 1.17. The number of amides is 1. The maximum absolute atomic E-state index is 12.6. The summed E-state index contributed by atoms with van der Waals surface area (Å²) >= 11 is 0. The van der Waals surface area contributed by atoms with Crippen molar-refractivity contribution in [1.29, 1.82) is 0 Å². The second-order valence-corrected chi connectivity index (χ2v) is 6.71. The number of rotatable bonds is 10. The first-order chi connectivity index (χ1) is 14.2. The number of carbonyl (C=O) groups excluding carboxylic acids is 1. The standard InChI is InChI=1S/C23H27N3O3/c1-3-14-28-21-11-10-20(16-22(21)29-15-4-2)25-23(27)19-8-6-18(7-9-19)17-26-13-5-12-24-26/h5-13,16H,3-4,14-15,17H2,1-2H3,(H,25,27). The first kappa shape index (κ1) is 20.5. The Hall–Kier alpha value is -3.28. The van der Waals surface area contributed by atoms with Gasteiger partial charge in [-0.25, -0.2) is 0 Å². The lowest BCUT2D eigenvalue weighted by atomic mass is 10.1. The summed E-state index contributed by atoms with van der Waals surface area (Å²) in [5.41, 5.74) is 2.35. The third kappa shape index (κ3) is 5.85. The van der Waals surface area contributed by atoms with E-state index in [0.717, 1.165) is 18.4 Å². The van der Waals surface area contributed by atoms with Crippen molar-refractivity contribution in [2.24, 2.45) is 0 Å². The molecule has 1 aromatic heterocycles. The fourth-order valence-corrected chi connectivity index (χ4v) is 2.79. The molecule has 0 bridgehead atoms. The Balaban J connectivity index is 1.67. The van der Waals surface area contributed by atoms with Crippen molar-refractivity contribution in [2.45, 2.75) is 33.2 Å². The van der Waals surface area contributed by atoms with Gasteiger partial charge in [-0.3, -0.25) is 9.48 Å². The molecule has 3 aromatic rings. The first-order valence-corrected chi connectivity index (χ1v) is 9.97. The van der Waals surface area contributed by atoms with Gasteiger partial charge in [-0.1, -0.05) is 26.0 Å². The summed E-state index contributed by atoms with van der Waals surface area (Å²) in [6.07, 6.45) is 5.47. The van der Waals surface area contributed by atoms with Crippen LogP contribution in [0.4, 0.5) is 5.69 Å². The second kappa shape index (κ2) is 10.3. The van der Waals surface area contributed by atoms with Crippen LogP contribution in [-0.2, 0) is 6.54 Å². The van der Waals surface area contributed by atoms with Gasteiger partial charge in [-0.05, 0) is 48.7 Å². The maximum atomic E-state index is 12.6. The number of hydrogen-bond donors (Lipinski definition) is 1. The Labute approximate surface area is 171 Å². The van der Waals surface area contributed by atoms with E-state index in [1.165, 1.54) is 0 Å². The van der Waals surface area contributed by atoms with E-state index < -0.39 is 0 Å². The zero-order valence-electron chi connectivity index (χ0n) is 16.9. The molecule has 6 heteroatoms. The molecule has 2 aromatic carbocycles. The molecule has 0 aliphatic rings. The zero-order valence-corrected chi connectivity index (χ0v) is 16.9. The summed E-state index contributed by atoms with van der Waals surface area (Å²) in [7, 11) is 0. The molecule has 0 spiro atoms. The predicted molar refractivity (Wildman–Crippen MR) is 114 cm³/mol. The molecule has 0 unspecified atom stereocenters. The largest absolute Gasteiger partial charge is 0.490 e. The van der Waals surface area contributed by atoms with Crippen molar-refractivity contribution >= 4 is 11.6 Å². The molecule has 0 aliphatic heterocycles. The molecule has 0 radical (unpaired) electrons. The predicted octanol–water partition coefficient (Wildman–Crippen LogP) is 4.76. The number of ether oxygens (including phenoxy) is 2. The van der Waals surface area contributed by atoms with Gasteiger partial charge in [0.2, 0.25) is 0 Å². The number of nitrogens with one attached hydrogen (secondary N) is 1. The molecule has 0 fully saturated rings. The summed E-state index contributed by atoms with van der Waals surface area (Å²) in [6.45, 7) is 6.00. The maximum Gasteiger partial charge on any atom is 0.255 e. The second-order valence-electron chi connectivity index (χ2n) is 6.71. The highest BCUT2D eigenvalue weighted by molar-refractivity contribution is 6.04. The molecule has 0 aliphatic carbocycles. The number of hydrogen-bond acceptors (Lipinski definition) is 4. The van der Waals surface area contributed by atoms with Crippen molar-refractivity contribution in [3.05, 3.63) is 72.1 Å². The van der Waals surface area contributed by atoms with Crippen molar-refractivity contribution in [2.75, 3.05) is 18.5 Å². The third-order valence-corrected chi connectivity index (χ3v) is 4.24. The molecule has 0 atom stereocenters. The van der Waals surface area contributed by atoms with Crippen molar-refractivity contribution in [3.63, 3.8) is 0 Å². The molecule has 152 valence electrons. The average molecular weight is 393 g/mol. The molecule has 0 saturated carbocycles. The van der Waals surface area contributed by atoms with Crippen LogP contribution in [0.25, 0.3) is 0 Å². The van der Waals surface area contributed by atoms with E-state index in [1.807, 2.05) is 66.3 Å². The van der Waals surface area contributed by atoms with E-state index in [1.54, 1.807) is 6.20 Å². The van der Waals surface area contributed by atoms with Crippen molar-refractivity contribution in [3.8, 4) is 11.5 Å². The SMILES string of the molecule is CCCOc1ccc(NC(=O)c2ccc(Cn3cccn3)cc2)cc1OCCC. The molecular formula is C23H27N3O3. The minimum atomic E-state index is -0.167. The number of nitrogens with zero attached hydrogens (tertiary/aromatic N) is 2. The van der Waals surface area contributed by atoms with Gasteiger partial charge in [0.15, 0.2) is 11.5 Å². The van der Waals surface area contributed by atoms with Gasteiger partial charge >= 0.3 is 0 Å². The minimum absolute atomic E-state index is 0.167. The first-order valence-electron chi connectivity index (χ1n) is 9.97. The molecule has 1 heterocycles. The number of carbonyl (C=O) groups is 1. The summed E-state index contributed by atoms with van der Waals surface area (Å²) < 4.78 is 13.4. The fraction of sp³-hybridized carbons (Fsp3) is 0.304. The summed E-state index contributed by atoms with van der Waals surface area (Å²) in [5, 5.41) is 7.13. The van der Waals surface area contributed by atoms with Crippen LogP contribution >= 0.6 is 0 Å². The molecule has 1 N–H and O–H groups in total. The highest BCUT2D eigenvalue weighted by atomic mass is 16.5. The van der Waals surface area contributed by atoms with Gasteiger partial charge in [0.1, 0.15) is 0 Å². The minimum Gasteiger partial charge on any atom is -0.490 e. The van der Waals surface area contributed by atoms with Crippen LogP contribution in [0.5, 0.6) is 11.5 Å². The lowest BCUT2D eigenvalue weighted by molar-refractivity contribution is 0.102. The van der Waals surface area contributed by atoms with Crippen LogP contribution < -0.4 is 14.8 Å². The molecular weight excluding hydrogens is 366 g/mol. The Bertz CT molecular complexity index is 906. The van der Waals surface area contributed by atoms with E-state index in [2.05, 4.69) is 17.3 Å². The lowest BCUT2D eigenvalue weighted by Crippen LogP contribution is -2.12. The topological polar surface area (TPSA) is 65.4 Å². The van der Waals surface area contributed by atoms with E-state index >= 15 is 0 Å². The Morgan fingerprint density at radius 2 is 1.72 bits per heavy atom. The van der Waals surface area contributed by atoms with Gasteiger partial charge in [0.25, 0.3) is 5.91 Å². The monoisotopic (exact) mass is 393 g/mol. The average Bonchev–Trinajstić information content (AvgIpc) is 3.25. The molecule has 1 amide bonds. The van der Waals surface area contributed by atoms with Gasteiger partial charge in [-0.15, -0.1) is 0 Å². The number of aromatic nitrogens is 2. The Morgan fingerprint density at radius 1 is 1.00 bits per heavy atom. The summed E-state index contributed by atoms with van der Waals surface area (Å²) in [4.78, 5) is 12.6. The van der Waals surface area contributed by atoms with Gasteiger partial charge in [-0.2, -0.15) is 5.10 Å². The van der Waals surface area contributed by atoms with Gasteiger partial charge < -0.3 is 14.8 Å². The van der Waals surface area contributed by atoms with Crippen LogP contribution in [-0.4, -0.2) is 28.9 Å².